The first-order valence-electron chi connectivity index (χ1n) is 4.47. The van der Waals surface area contributed by atoms with Gasteiger partial charge >= 0.3 is 0 Å². The molecule has 1 aromatic rings. The normalized spacial score (nSPS) is 10.0. The van der Waals surface area contributed by atoms with Crippen LogP contribution in [0.3, 0.4) is 0 Å². The van der Waals surface area contributed by atoms with Crippen molar-refractivity contribution in [3.63, 3.8) is 0 Å². The lowest BCUT2D eigenvalue weighted by Gasteiger charge is -2.05. The number of carbonyl (C=O) groups excluding carboxylic acids is 1. The number of amides is 1. The molecule has 0 atom stereocenters. The lowest BCUT2D eigenvalue weighted by Crippen LogP contribution is -2.26. The number of nitrogens with two attached hydrogens (primary N) is 1. The number of anilines is 1. The smallest absolute Gasteiger partial charge is 0.254 e. The molecule has 1 rings (SSSR count). The predicted octanol–water partition coefficient (Wildman–Crippen LogP) is 1.50. The van der Waals surface area contributed by atoms with Crippen LogP contribution in [-0.2, 0) is 0 Å². The molecule has 0 aliphatic rings. The lowest BCUT2D eigenvalue weighted by molar-refractivity contribution is 0.0952. The standard InChI is InChI=1S/C10H13FN2OS/c1-15-5-4-13-10(14)8-3-2-7(12)6-9(8)11/h2-3,6H,4-5,12H2,1H3,(H,13,14). The van der Waals surface area contributed by atoms with Gasteiger partial charge in [0, 0.05) is 18.0 Å². The Morgan fingerprint density at radius 2 is 2.33 bits per heavy atom. The number of benzene rings is 1. The van der Waals surface area contributed by atoms with Crippen LogP contribution in [0.25, 0.3) is 0 Å². The van der Waals surface area contributed by atoms with Crippen LogP contribution in [0.15, 0.2) is 18.2 Å². The first-order chi connectivity index (χ1) is 7.15. The Hall–Kier alpha value is -1.23. The van der Waals surface area contributed by atoms with Crippen LogP contribution in [-0.4, -0.2) is 24.5 Å². The molecule has 0 fully saturated rings. The summed E-state index contributed by atoms with van der Waals surface area (Å²) in [5.41, 5.74) is 5.72. The Labute approximate surface area is 92.2 Å². The van der Waals surface area contributed by atoms with Crippen LogP contribution in [0, 0.1) is 5.82 Å². The van der Waals surface area contributed by atoms with Crippen molar-refractivity contribution in [2.75, 3.05) is 24.3 Å². The summed E-state index contributed by atoms with van der Waals surface area (Å²) in [7, 11) is 0. The Balaban J connectivity index is 2.65. The van der Waals surface area contributed by atoms with Gasteiger partial charge in [-0.1, -0.05) is 0 Å². The van der Waals surface area contributed by atoms with Gasteiger partial charge in [0.1, 0.15) is 5.82 Å². The summed E-state index contributed by atoms with van der Waals surface area (Å²) >= 11 is 1.62. The van der Waals surface area contributed by atoms with Gasteiger partial charge in [-0.15, -0.1) is 0 Å². The van der Waals surface area contributed by atoms with Crippen molar-refractivity contribution in [2.24, 2.45) is 0 Å². The molecule has 0 bridgehead atoms. The average Bonchev–Trinajstić information content (AvgIpc) is 2.17. The zero-order chi connectivity index (χ0) is 11.3. The van der Waals surface area contributed by atoms with Gasteiger partial charge in [-0.2, -0.15) is 11.8 Å². The van der Waals surface area contributed by atoms with Crippen LogP contribution < -0.4 is 11.1 Å². The van der Waals surface area contributed by atoms with E-state index in [2.05, 4.69) is 5.32 Å². The number of nitrogens with one attached hydrogen (secondary N) is 1. The minimum Gasteiger partial charge on any atom is -0.399 e. The number of halogens is 1. The topological polar surface area (TPSA) is 55.1 Å². The molecule has 0 saturated heterocycles. The molecule has 5 heteroatoms. The van der Waals surface area contributed by atoms with Crippen molar-refractivity contribution in [2.45, 2.75) is 0 Å². The summed E-state index contributed by atoms with van der Waals surface area (Å²) in [6.45, 7) is 0.532. The average molecular weight is 228 g/mol. The van der Waals surface area contributed by atoms with Gasteiger partial charge in [-0.3, -0.25) is 4.79 Å². The maximum absolute atomic E-state index is 13.3. The van der Waals surface area contributed by atoms with Gasteiger partial charge in [0.05, 0.1) is 5.56 Å². The summed E-state index contributed by atoms with van der Waals surface area (Å²) < 4.78 is 13.3. The van der Waals surface area contributed by atoms with E-state index in [1.807, 2.05) is 6.26 Å². The molecule has 0 aliphatic heterocycles. The quantitative estimate of drug-likeness (QED) is 0.606. The summed E-state index contributed by atoms with van der Waals surface area (Å²) in [5, 5.41) is 2.62. The molecule has 0 aliphatic carbocycles. The van der Waals surface area contributed by atoms with E-state index >= 15 is 0 Å². The van der Waals surface area contributed by atoms with Crippen molar-refractivity contribution in [3.8, 4) is 0 Å². The maximum Gasteiger partial charge on any atom is 0.254 e. The third kappa shape index (κ3) is 3.43. The molecular formula is C10H13FN2OS. The van der Waals surface area contributed by atoms with E-state index in [1.54, 1.807) is 11.8 Å². The van der Waals surface area contributed by atoms with Crippen LogP contribution in [0.5, 0.6) is 0 Å². The maximum atomic E-state index is 13.3. The second-order valence-electron chi connectivity index (χ2n) is 2.99. The van der Waals surface area contributed by atoms with E-state index < -0.39 is 11.7 Å². The highest BCUT2D eigenvalue weighted by Crippen LogP contribution is 2.11. The second-order valence-corrected chi connectivity index (χ2v) is 3.97. The zero-order valence-corrected chi connectivity index (χ0v) is 9.23. The molecule has 0 spiro atoms. The molecule has 0 radical (unpaired) electrons. The molecule has 82 valence electrons. The fourth-order valence-electron chi connectivity index (χ4n) is 1.08. The highest BCUT2D eigenvalue weighted by molar-refractivity contribution is 7.98. The monoisotopic (exact) mass is 228 g/mol. The van der Waals surface area contributed by atoms with Gasteiger partial charge in [-0.25, -0.2) is 4.39 Å². The van der Waals surface area contributed by atoms with E-state index in [0.717, 1.165) is 11.8 Å². The molecule has 3 N–H and O–H groups in total. The molecule has 0 saturated carbocycles. The van der Waals surface area contributed by atoms with Gasteiger partial charge in [0.15, 0.2) is 0 Å². The molecule has 0 aromatic heterocycles. The highest BCUT2D eigenvalue weighted by atomic mass is 32.2. The number of rotatable bonds is 4. The fraction of sp³-hybridized carbons (Fsp3) is 0.300. The molecule has 3 nitrogen and oxygen atoms in total. The molecule has 1 amide bonds. The Bertz CT molecular complexity index is 357. The lowest BCUT2D eigenvalue weighted by atomic mass is 10.2. The fourth-order valence-corrected chi connectivity index (χ4v) is 1.38. The Morgan fingerprint density at radius 3 is 2.93 bits per heavy atom. The van der Waals surface area contributed by atoms with Crippen molar-refractivity contribution in [1.29, 1.82) is 0 Å². The van der Waals surface area contributed by atoms with Crippen molar-refractivity contribution in [1.82, 2.24) is 5.32 Å². The largest absolute Gasteiger partial charge is 0.399 e. The molecule has 0 heterocycles. The van der Waals surface area contributed by atoms with E-state index in [4.69, 9.17) is 5.73 Å². The Morgan fingerprint density at radius 1 is 1.60 bits per heavy atom. The second kappa shape index (κ2) is 5.60. The van der Waals surface area contributed by atoms with E-state index in [1.165, 1.54) is 12.1 Å². The van der Waals surface area contributed by atoms with Gasteiger partial charge in [-0.05, 0) is 24.5 Å². The first-order valence-corrected chi connectivity index (χ1v) is 5.86. The van der Waals surface area contributed by atoms with E-state index in [0.29, 0.717) is 12.2 Å². The number of hydrogen-bond acceptors (Lipinski definition) is 3. The van der Waals surface area contributed by atoms with Gasteiger partial charge in [0.25, 0.3) is 5.91 Å². The minimum atomic E-state index is -0.586. The zero-order valence-electron chi connectivity index (χ0n) is 8.42. The van der Waals surface area contributed by atoms with Crippen molar-refractivity contribution in [3.05, 3.63) is 29.6 Å². The molecule has 0 unspecified atom stereocenters. The van der Waals surface area contributed by atoms with Crippen LogP contribution in [0.2, 0.25) is 0 Å². The summed E-state index contributed by atoms with van der Waals surface area (Å²) in [6, 6.07) is 4.04. The number of thioether (sulfide) groups is 1. The number of nitrogen functional groups attached to an aromatic ring is 1. The van der Waals surface area contributed by atoms with E-state index in [9.17, 15) is 9.18 Å². The molecule has 1 aromatic carbocycles. The molecular weight excluding hydrogens is 215 g/mol. The SMILES string of the molecule is CSCCNC(=O)c1ccc(N)cc1F. The minimum absolute atomic E-state index is 0.0327. The van der Waals surface area contributed by atoms with Crippen LogP contribution in [0.1, 0.15) is 10.4 Å². The van der Waals surface area contributed by atoms with Crippen LogP contribution >= 0.6 is 11.8 Å². The van der Waals surface area contributed by atoms with Crippen molar-refractivity contribution >= 4 is 23.4 Å². The van der Waals surface area contributed by atoms with Crippen LogP contribution in [0.4, 0.5) is 10.1 Å². The predicted molar refractivity (Wildman–Crippen MR) is 61.5 cm³/mol. The molecule has 15 heavy (non-hydrogen) atoms. The van der Waals surface area contributed by atoms with Gasteiger partial charge in [0.2, 0.25) is 0 Å². The van der Waals surface area contributed by atoms with E-state index in [-0.39, 0.29) is 5.56 Å². The van der Waals surface area contributed by atoms with Gasteiger partial charge < -0.3 is 11.1 Å². The third-order valence-corrected chi connectivity index (χ3v) is 2.44. The van der Waals surface area contributed by atoms with Crippen molar-refractivity contribution < 1.29 is 9.18 Å². The number of carbonyl (C=O) groups is 1. The Kier molecular flexibility index (Phi) is 4.42. The highest BCUT2D eigenvalue weighted by Gasteiger charge is 2.10. The summed E-state index contributed by atoms with van der Waals surface area (Å²) in [5.74, 6) is -0.180. The summed E-state index contributed by atoms with van der Waals surface area (Å²) in [6.07, 6.45) is 1.94. The first kappa shape index (κ1) is 11.8. The third-order valence-electron chi connectivity index (χ3n) is 1.83. The number of hydrogen-bond donors (Lipinski definition) is 2. The summed E-state index contributed by atoms with van der Waals surface area (Å²) in [4.78, 5) is 11.5.